The van der Waals surface area contributed by atoms with Crippen molar-refractivity contribution in [1.82, 2.24) is 4.98 Å². The predicted molar refractivity (Wildman–Crippen MR) is 82.8 cm³/mol. The first-order valence-electron chi connectivity index (χ1n) is 6.70. The van der Waals surface area contributed by atoms with E-state index in [0.717, 1.165) is 0 Å². The third kappa shape index (κ3) is 3.43. The molecule has 6 nitrogen and oxygen atoms in total. The first kappa shape index (κ1) is 16.8. The maximum absolute atomic E-state index is 12.8. The van der Waals surface area contributed by atoms with Crippen molar-refractivity contribution in [2.75, 3.05) is 0 Å². The summed E-state index contributed by atoms with van der Waals surface area (Å²) >= 11 is 6.02. The summed E-state index contributed by atoms with van der Waals surface area (Å²) in [5.41, 5.74) is 0.497. The molecule has 2 aromatic rings. The highest BCUT2D eigenvalue weighted by molar-refractivity contribution is 6.35. The average Bonchev–Trinajstić information content (AvgIpc) is 2.81. The molecule has 1 aromatic carbocycles. The van der Waals surface area contributed by atoms with E-state index >= 15 is 0 Å². The number of benzene rings is 1. The SMILES string of the molecule is CC(=O)OCc1[nH]c(C)c(C(=O)O)c1C(=O)c1ccccc1Cl. The molecule has 23 heavy (non-hydrogen) atoms. The van der Waals surface area contributed by atoms with E-state index in [1.807, 2.05) is 0 Å². The van der Waals surface area contributed by atoms with E-state index in [4.69, 9.17) is 16.3 Å². The van der Waals surface area contributed by atoms with Crippen LogP contribution < -0.4 is 0 Å². The Morgan fingerprint density at radius 3 is 2.43 bits per heavy atom. The third-order valence-electron chi connectivity index (χ3n) is 3.24. The second-order valence-corrected chi connectivity index (χ2v) is 5.28. The number of aromatic nitrogens is 1. The third-order valence-corrected chi connectivity index (χ3v) is 3.57. The number of ketones is 1. The quantitative estimate of drug-likeness (QED) is 0.646. The van der Waals surface area contributed by atoms with Gasteiger partial charge in [-0.25, -0.2) is 4.79 Å². The number of halogens is 1. The standard InChI is InChI=1S/C16H14ClNO5/c1-8-13(16(21)22)14(12(18-8)7-23-9(2)19)15(20)10-5-3-4-6-11(10)17/h3-6,18H,7H2,1-2H3,(H,21,22). The van der Waals surface area contributed by atoms with E-state index < -0.39 is 17.7 Å². The van der Waals surface area contributed by atoms with Crippen LogP contribution in [0.1, 0.15) is 44.6 Å². The van der Waals surface area contributed by atoms with Gasteiger partial charge in [0.05, 0.1) is 21.8 Å². The number of ether oxygens (including phenoxy) is 1. The lowest BCUT2D eigenvalue weighted by Gasteiger charge is -2.07. The molecule has 0 aliphatic carbocycles. The number of esters is 1. The van der Waals surface area contributed by atoms with Gasteiger partial charge in [0.2, 0.25) is 0 Å². The van der Waals surface area contributed by atoms with E-state index in [-0.39, 0.29) is 34.0 Å². The number of carbonyl (C=O) groups is 3. The minimum absolute atomic E-state index is 0.0515. The number of hydrogen-bond acceptors (Lipinski definition) is 4. The van der Waals surface area contributed by atoms with Crippen molar-refractivity contribution in [3.05, 3.63) is 57.4 Å². The van der Waals surface area contributed by atoms with Crippen molar-refractivity contribution in [3.63, 3.8) is 0 Å². The van der Waals surface area contributed by atoms with Crippen LogP contribution in [0.5, 0.6) is 0 Å². The van der Waals surface area contributed by atoms with Gasteiger partial charge < -0.3 is 14.8 Å². The van der Waals surface area contributed by atoms with Crippen LogP contribution in [0.2, 0.25) is 5.02 Å². The Morgan fingerprint density at radius 2 is 1.87 bits per heavy atom. The molecule has 0 spiro atoms. The summed E-state index contributed by atoms with van der Waals surface area (Å²) in [6.45, 7) is 2.53. The Bertz CT molecular complexity index is 794. The number of hydrogen-bond donors (Lipinski definition) is 2. The highest BCUT2D eigenvalue weighted by atomic mass is 35.5. The fourth-order valence-corrected chi connectivity index (χ4v) is 2.49. The number of aromatic carboxylic acids is 1. The molecular weight excluding hydrogens is 322 g/mol. The molecule has 0 fully saturated rings. The van der Waals surface area contributed by atoms with Crippen LogP contribution in [0.4, 0.5) is 0 Å². The van der Waals surface area contributed by atoms with Crippen molar-refractivity contribution in [3.8, 4) is 0 Å². The Kier molecular flexibility index (Phi) is 4.86. The molecular formula is C16H14ClNO5. The Labute approximate surface area is 137 Å². The van der Waals surface area contributed by atoms with Crippen LogP contribution in [-0.2, 0) is 16.1 Å². The number of carboxylic acid groups (broad SMARTS) is 1. The van der Waals surface area contributed by atoms with Crippen LogP contribution in [0.25, 0.3) is 0 Å². The number of aryl methyl sites for hydroxylation is 1. The Morgan fingerprint density at radius 1 is 1.22 bits per heavy atom. The lowest BCUT2D eigenvalue weighted by Crippen LogP contribution is -2.12. The second kappa shape index (κ2) is 6.66. The van der Waals surface area contributed by atoms with Gasteiger partial charge in [0, 0.05) is 18.2 Å². The Hall–Kier alpha value is -2.60. The molecule has 2 N–H and O–H groups in total. The van der Waals surface area contributed by atoms with Crippen LogP contribution in [0.15, 0.2) is 24.3 Å². The lowest BCUT2D eigenvalue weighted by atomic mass is 9.98. The van der Waals surface area contributed by atoms with Gasteiger partial charge in [-0.15, -0.1) is 0 Å². The van der Waals surface area contributed by atoms with Crippen LogP contribution in [-0.4, -0.2) is 27.8 Å². The van der Waals surface area contributed by atoms with Gasteiger partial charge in [-0.05, 0) is 19.1 Å². The second-order valence-electron chi connectivity index (χ2n) is 4.87. The monoisotopic (exact) mass is 335 g/mol. The molecule has 1 heterocycles. The van der Waals surface area contributed by atoms with E-state index in [2.05, 4.69) is 4.98 Å². The van der Waals surface area contributed by atoms with Crippen molar-refractivity contribution in [2.24, 2.45) is 0 Å². The smallest absolute Gasteiger partial charge is 0.338 e. The molecule has 7 heteroatoms. The van der Waals surface area contributed by atoms with Gasteiger partial charge in [0.1, 0.15) is 6.61 Å². The summed E-state index contributed by atoms with van der Waals surface area (Å²) in [7, 11) is 0. The molecule has 0 saturated carbocycles. The number of carbonyl (C=O) groups excluding carboxylic acids is 2. The number of carboxylic acids is 1. The summed E-state index contributed by atoms with van der Waals surface area (Å²) in [6, 6.07) is 6.35. The molecule has 0 atom stereocenters. The molecule has 0 radical (unpaired) electrons. The van der Waals surface area contributed by atoms with E-state index in [0.29, 0.717) is 5.69 Å². The van der Waals surface area contributed by atoms with E-state index in [1.54, 1.807) is 18.2 Å². The minimum atomic E-state index is -1.25. The molecule has 120 valence electrons. The summed E-state index contributed by atoms with van der Waals surface area (Å²) in [5.74, 6) is -2.33. The number of nitrogens with one attached hydrogen (secondary N) is 1. The molecule has 1 aromatic heterocycles. The normalized spacial score (nSPS) is 10.4. The van der Waals surface area contributed by atoms with Crippen LogP contribution in [0, 0.1) is 6.92 Å². The van der Waals surface area contributed by atoms with Crippen molar-refractivity contribution in [2.45, 2.75) is 20.5 Å². The summed E-state index contributed by atoms with van der Waals surface area (Å²) < 4.78 is 4.88. The maximum Gasteiger partial charge on any atom is 0.338 e. The number of aromatic amines is 1. The summed E-state index contributed by atoms with van der Waals surface area (Å²) in [5, 5.41) is 9.60. The van der Waals surface area contributed by atoms with E-state index in [1.165, 1.54) is 19.9 Å². The van der Waals surface area contributed by atoms with Crippen LogP contribution >= 0.6 is 11.6 Å². The predicted octanol–water partition coefficient (Wildman–Crippen LogP) is 2.97. The number of H-pyrrole nitrogens is 1. The topological polar surface area (TPSA) is 96.5 Å². The lowest BCUT2D eigenvalue weighted by molar-refractivity contribution is -0.142. The van der Waals surface area contributed by atoms with Crippen LogP contribution in [0.3, 0.4) is 0 Å². The molecule has 0 unspecified atom stereocenters. The highest BCUT2D eigenvalue weighted by Gasteiger charge is 2.28. The summed E-state index contributed by atoms with van der Waals surface area (Å²) in [6.07, 6.45) is 0. The highest BCUT2D eigenvalue weighted by Crippen LogP contribution is 2.26. The van der Waals surface area contributed by atoms with Crippen molar-refractivity contribution < 1.29 is 24.2 Å². The largest absolute Gasteiger partial charge is 0.478 e. The zero-order valence-corrected chi connectivity index (χ0v) is 13.2. The molecule has 0 bridgehead atoms. The van der Waals surface area contributed by atoms with Gasteiger partial charge in [-0.1, -0.05) is 23.7 Å². The number of rotatable bonds is 5. The minimum Gasteiger partial charge on any atom is -0.478 e. The zero-order chi connectivity index (χ0) is 17.1. The van der Waals surface area contributed by atoms with Gasteiger partial charge >= 0.3 is 11.9 Å². The average molecular weight is 336 g/mol. The summed E-state index contributed by atoms with van der Waals surface area (Å²) in [4.78, 5) is 38.1. The Balaban J connectivity index is 2.58. The molecule has 0 aliphatic rings. The van der Waals surface area contributed by atoms with Gasteiger partial charge in [0.15, 0.2) is 5.78 Å². The first-order chi connectivity index (χ1) is 10.8. The van der Waals surface area contributed by atoms with Crippen molar-refractivity contribution in [1.29, 1.82) is 0 Å². The molecule has 2 rings (SSSR count). The fraction of sp³-hybridized carbons (Fsp3) is 0.188. The zero-order valence-electron chi connectivity index (χ0n) is 12.5. The molecule has 0 saturated heterocycles. The van der Waals surface area contributed by atoms with Gasteiger partial charge in [-0.2, -0.15) is 0 Å². The van der Waals surface area contributed by atoms with Gasteiger partial charge in [0.25, 0.3) is 0 Å². The molecule has 0 aliphatic heterocycles. The maximum atomic E-state index is 12.8. The van der Waals surface area contributed by atoms with Crippen molar-refractivity contribution >= 4 is 29.3 Å². The van der Waals surface area contributed by atoms with Gasteiger partial charge in [-0.3, -0.25) is 9.59 Å². The molecule has 0 amide bonds. The fourth-order valence-electron chi connectivity index (χ4n) is 2.27. The van der Waals surface area contributed by atoms with E-state index in [9.17, 15) is 19.5 Å². The first-order valence-corrected chi connectivity index (χ1v) is 7.08.